The Morgan fingerprint density at radius 3 is 2.74 bits per heavy atom. The lowest BCUT2D eigenvalue weighted by atomic mass is 9.97. The quantitative estimate of drug-likeness (QED) is 0.763. The molecule has 1 saturated heterocycles. The number of aliphatic hydroxyl groups is 1. The predicted octanol–water partition coefficient (Wildman–Crippen LogP) is 1.98. The van der Waals surface area contributed by atoms with Crippen molar-refractivity contribution in [3.8, 4) is 0 Å². The van der Waals surface area contributed by atoms with E-state index in [4.69, 9.17) is 0 Å². The molecule has 2 N–H and O–H groups in total. The highest BCUT2D eigenvalue weighted by molar-refractivity contribution is 5.81. The first-order valence-corrected chi connectivity index (χ1v) is 9.74. The molecule has 0 bridgehead atoms. The van der Waals surface area contributed by atoms with Gasteiger partial charge < -0.3 is 20.2 Å². The molecule has 2 aliphatic rings. The minimum atomic E-state index is -0.366. The first-order valence-electron chi connectivity index (χ1n) is 9.74. The maximum Gasteiger partial charge on any atom is 0.317 e. The van der Waals surface area contributed by atoms with Crippen LogP contribution in [-0.2, 0) is 11.3 Å². The number of hydrogen-bond acceptors (Lipinski definition) is 3. The van der Waals surface area contributed by atoms with Crippen LogP contribution in [0, 0.1) is 17.7 Å². The number of nitrogens with one attached hydrogen (secondary N) is 1. The standard InChI is InChI=1S/C20H28FN3O3/c21-18-6-2-1-5-17(18)14-24(10-11-25)20(27)22-12-15-4-3-9-23(13-15)19(26)16-7-8-16/h1-2,5-6,15-16,25H,3-4,7-14H2,(H,22,27)/t15-/m1/s1. The molecule has 1 aromatic carbocycles. The molecule has 1 aliphatic heterocycles. The zero-order valence-corrected chi connectivity index (χ0v) is 15.6. The average Bonchev–Trinajstić information content (AvgIpc) is 3.52. The molecule has 1 heterocycles. The van der Waals surface area contributed by atoms with Gasteiger partial charge in [0, 0.05) is 37.7 Å². The normalized spacial score (nSPS) is 19.6. The number of nitrogens with zero attached hydrogens (tertiary/aromatic N) is 2. The third kappa shape index (κ3) is 5.42. The van der Waals surface area contributed by atoms with Crippen molar-refractivity contribution in [2.45, 2.75) is 32.2 Å². The summed E-state index contributed by atoms with van der Waals surface area (Å²) in [5, 5.41) is 12.1. The molecular weight excluding hydrogens is 349 g/mol. The van der Waals surface area contributed by atoms with Gasteiger partial charge in [-0.3, -0.25) is 4.79 Å². The summed E-state index contributed by atoms with van der Waals surface area (Å²) in [5.41, 5.74) is 0.417. The van der Waals surface area contributed by atoms with E-state index < -0.39 is 0 Å². The van der Waals surface area contributed by atoms with E-state index in [0.717, 1.165) is 32.2 Å². The molecule has 6 nitrogen and oxygen atoms in total. The van der Waals surface area contributed by atoms with E-state index in [1.54, 1.807) is 18.2 Å². The lowest BCUT2D eigenvalue weighted by Gasteiger charge is -2.33. The van der Waals surface area contributed by atoms with Crippen LogP contribution >= 0.6 is 0 Å². The zero-order chi connectivity index (χ0) is 19.2. The molecule has 0 aromatic heterocycles. The second-order valence-electron chi connectivity index (χ2n) is 7.49. The fraction of sp³-hybridized carbons (Fsp3) is 0.600. The summed E-state index contributed by atoms with van der Waals surface area (Å²) in [4.78, 5) is 28.1. The average molecular weight is 377 g/mol. The molecule has 27 heavy (non-hydrogen) atoms. The first kappa shape index (κ1) is 19.6. The molecule has 1 aliphatic carbocycles. The Hall–Kier alpha value is -2.15. The Bertz CT molecular complexity index is 666. The highest BCUT2D eigenvalue weighted by Crippen LogP contribution is 2.32. The second-order valence-corrected chi connectivity index (χ2v) is 7.49. The summed E-state index contributed by atoms with van der Waals surface area (Å²) < 4.78 is 13.9. The van der Waals surface area contributed by atoms with Crippen molar-refractivity contribution in [3.63, 3.8) is 0 Å². The number of hydrogen-bond donors (Lipinski definition) is 2. The third-order valence-electron chi connectivity index (χ3n) is 5.28. The largest absolute Gasteiger partial charge is 0.395 e. The van der Waals surface area contributed by atoms with Crippen LogP contribution in [0.4, 0.5) is 9.18 Å². The van der Waals surface area contributed by atoms with Gasteiger partial charge in [0.1, 0.15) is 5.82 Å². The molecular formula is C20H28FN3O3. The third-order valence-corrected chi connectivity index (χ3v) is 5.28. The number of likely N-dealkylation sites (tertiary alicyclic amines) is 1. The Balaban J connectivity index is 1.51. The maximum absolute atomic E-state index is 13.9. The summed E-state index contributed by atoms with van der Waals surface area (Å²) in [7, 11) is 0. The fourth-order valence-corrected chi connectivity index (χ4v) is 3.57. The van der Waals surface area contributed by atoms with Gasteiger partial charge in [-0.05, 0) is 37.7 Å². The molecule has 0 radical (unpaired) electrons. The number of rotatable bonds is 7. The minimum Gasteiger partial charge on any atom is -0.395 e. The van der Waals surface area contributed by atoms with Crippen molar-refractivity contribution < 1.29 is 19.1 Å². The molecule has 7 heteroatoms. The monoisotopic (exact) mass is 377 g/mol. The lowest BCUT2D eigenvalue weighted by molar-refractivity contribution is -0.134. The lowest BCUT2D eigenvalue weighted by Crippen LogP contribution is -2.47. The number of halogens is 1. The van der Waals surface area contributed by atoms with Crippen LogP contribution in [0.25, 0.3) is 0 Å². The molecule has 1 saturated carbocycles. The van der Waals surface area contributed by atoms with Crippen LogP contribution in [0.3, 0.4) is 0 Å². The summed E-state index contributed by atoms with van der Waals surface area (Å²) >= 11 is 0. The van der Waals surface area contributed by atoms with Crippen molar-refractivity contribution in [1.29, 1.82) is 0 Å². The van der Waals surface area contributed by atoms with Gasteiger partial charge in [-0.25, -0.2) is 9.18 Å². The summed E-state index contributed by atoms with van der Waals surface area (Å²) in [6.07, 6.45) is 3.93. The van der Waals surface area contributed by atoms with Gasteiger partial charge in [0.15, 0.2) is 0 Å². The minimum absolute atomic E-state index is 0.107. The topological polar surface area (TPSA) is 72.9 Å². The van der Waals surface area contributed by atoms with Crippen LogP contribution in [-0.4, -0.2) is 59.6 Å². The fourth-order valence-electron chi connectivity index (χ4n) is 3.57. The highest BCUT2D eigenvalue weighted by Gasteiger charge is 2.35. The van der Waals surface area contributed by atoms with Crippen molar-refractivity contribution in [2.24, 2.45) is 11.8 Å². The Morgan fingerprint density at radius 1 is 1.26 bits per heavy atom. The van der Waals surface area contributed by atoms with E-state index in [-0.39, 0.29) is 49.3 Å². The van der Waals surface area contributed by atoms with Gasteiger partial charge >= 0.3 is 6.03 Å². The number of aliphatic hydroxyl groups excluding tert-OH is 1. The summed E-state index contributed by atoms with van der Waals surface area (Å²) in [6.45, 7) is 2.03. The molecule has 0 unspecified atom stereocenters. The van der Waals surface area contributed by atoms with E-state index in [2.05, 4.69) is 5.32 Å². The Kier molecular flexibility index (Phi) is 6.66. The van der Waals surface area contributed by atoms with Gasteiger partial charge in [0.2, 0.25) is 5.91 Å². The SMILES string of the molecule is O=C(NC[C@H]1CCCN(C(=O)C2CC2)C1)N(CCO)Cc1ccccc1F. The van der Waals surface area contributed by atoms with Gasteiger partial charge in [0.05, 0.1) is 13.2 Å². The van der Waals surface area contributed by atoms with Gasteiger partial charge in [-0.1, -0.05) is 18.2 Å². The van der Waals surface area contributed by atoms with Crippen molar-refractivity contribution in [1.82, 2.24) is 15.1 Å². The van der Waals surface area contributed by atoms with E-state index in [0.29, 0.717) is 18.7 Å². The number of amides is 3. The smallest absolute Gasteiger partial charge is 0.317 e. The highest BCUT2D eigenvalue weighted by atomic mass is 19.1. The molecule has 0 spiro atoms. The predicted molar refractivity (Wildman–Crippen MR) is 99.3 cm³/mol. The Morgan fingerprint density at radius 2 is 2.04 bits per heavy atom. The van der Waals surface area contributed by atoms with E-state index in [9.17, 15) is 19.1 Å². The molecule has 3 amide bonds. The summed E-state index contributed by atoms with van der Waals surface area (Å²) in [6, 6.07) is 6.00. The van der Waals surface area contributed by atoms with Gasteiger partial charge in [0.25, 0.3) is 0 Å². The van der Waals surface area contributed by atoms with E-state index >= 15 is 0 Å². The maximum atomic E-state index is 13.9. The van der Waals surface area contributed by atoms with E-state index in [1.165, 1.54) is 11.0 Å². The molecule has 148 valence electrons. The zero-order valence-electron chi connectivity index (χ0n) is 15.6. The first-order chi connectivity index (χ1) is 13.1. The number of carbonyl (C=O) groups excluding carboxylic acids is 2. The van der Waals surface area contributed by atoms with E-state index in [1.807, 2.05) is 4.90 Å². The molecule has 2 fully saturated rings. The molecule has 1 aromatic rings. The second kappa shape index (κ2) is 9.17. The molecule has 3 rings (SSSR count). The van der Waals surface area contributed by atoms with Crippen LogP contribution in [0.5, 0.6) is 0 Å². The van der Waals surface area contributed by atoms with Crippen molar-refractivity contribution in [2.75, 3.05) is 32.8 Å². The number of benzene rings is 1. The van der Waals surface area contributed by atoms with Crippen LogP contribution in [0.1, 0.15) is 31.2 Å². The van der Waals surface area contributed by atoms with Crippen LogP contribution in [0.15, 0.2) is 24.3 Å². The van der Waals surface area contributed by atoms with Crippen molar-refractivity contribution >= 4 is 11.9 Å². The van der Waals surface area contributed by atoms with Gasteiger partial charge in [-0.2, -0.15) is 0 Å². The summed E-state index contributed by atoms with van der Waals surface area (Å²) in [5.74, 6) is 0.344. The number of piperidine rings is 1. The van der Waals surface area contributed by atoms with Crippen molar-refractivity contribution in [3.05, 3.63) is 35.6 Å². The van der Waals surface area contributed by atoms with Crippen LogP contribution < -0.4 is 5.32 Å². The van der Waals surface area contributed by atoms with Crippen LogP contribution in [0.2, 0.25) is 0 Å². The molecule has 1 atom stereocenters. The number of urea groups is 1. The number of carbonyl (C=O) groups is 2. The van der Waals surface area contributed by atoms with Gasteiger partial charge in [-0.15, -0.1) is 0 Å². The Labute approximate surface area is 159 Å².